The van der Waals surface area contributed by atoms with Crippen molar-refractivity contribution < 1.29 is 0 Å². The first kappa shape index (κ1) is 11.4. The molecule has 0 bridgehead atoms. The van der Waals surface area contributed by atoms with Crippen LogP contribution in [0.4, 0.5) is 5.69 Å². The molecule has 0 saturated carbocycles. The van der Waals surface area contributed by atoms with Gasteiger partial charge in [0.15, 0.2) is 0 Å². The Morgan fingerprint density at radius 1 is 1.00 bits per heavy atom. The molecule has 2 heterocycles. The Kier molecular flexibility index (Phi) is 3.18. The maximum Gasteiger partial charge on any atom is 0.115 e. The standard InChI is InChI=1S/C14H13N5/c1-2-4-14(18-8-12-7-17-10-19-12)13(3-1)11-5-15-9-16-6-11/h1-7,9-10,18H,8H2,(H,17,19). The van der Waals surface area contributed by atoms with Gasteiger partial charge in [0.05, 0.1) is 18.6 Å². The van der Waals surface area contributed by atoms with Crippen molar-refractivity contribution in [2.75, 3.05) is 5.32 Å². The highest BCUT2D eigenvalue weighted by molar-refractivity contribution is 5.76. The van der Waals surface area contributed by atoms with Gasteiger partial charge in [-0.05, 0) is 6.07 Å². The molecule has 19 heavy (non-hydrogen) atoms. The smallest absolute Gasteiger partial charge is 0.115 e. The molecule has 2 N–H and O–H groups in total. The summed E-state index contributed by atoms with van der Waals surface area (Å²) < 4.78 is 0. The van der Waals surface area contributed by atoms with Gasteiger partial charge in [-0.3, -0.25) is 0 Å². The number of hydrogen-bond donors (Lipinski definition) is 2. The van der Waals surface area contributed by atoms with Crippen LogP contribution in [0.3, 0.4) is 0 Å². The lowest BCUT2D eigenvalue weighted by molar-refractivity contribution is 1.07. The monoisotopic (exact) mass is 251 g/mol. The number of nitrogens with zero attached hydrogens (tertiary/aromatic N) is 3. The van der Waals surface area contributed by atoms with Crippen molar-refractivity contribution in [1.29, 1.82) is 0 Å². The van der Waals surface area contributed by atoms with Crippen molar-refractivity contribution in [3.05, 3.63) is 61.2 Å². The van der Waals surface area contributed by atoms with E-state index in [1.807, 2.05) is 36.7 Å². The van der Waals surface area contributed by atoms with E-state index in [0.717, 1.165) is 22.5 Å². The number of benzene rings is 1. The molecule has 94 valence electrons. The number of para-hydroxylation sites is 1. The Bertz CT molecular complexity index is 634. The van der Waals surface area contributed by atoms with E-state index in [1.54, 1.807) is 12.5 Å². The molecule has 3 aromatic rings. The summed E-state index contributed by atoms with van der Waals surface area (Å²) in [7, 11) is 0. The molecular formula is C14H13N5. The highest BCUT2D eigenvalue weighted by atomic mass is 14.9. The summed E-state index contributed by atoms with van der Waals surface area (Å²) in [4.78, 5) is 15.2. The lowest BCUT2D eigenvalue weighted by Crippen LogP contribution is -2.01. The Morgan fingerprint density at radius 3 is 2.63 bits per heavy atom. The summed E-state index contributed by atoms with van der Waals surface area (Å²) in [6.07, 6.45) is 8.63. The molecule has 5 heteroatoms. The number of nitrogens with one attached hydrogen (secondary N) is 2. The van der Waals surface area contributed by atoms with Gasteiger partial charge in [0, 0.05) is 35.4 Å². The van der Waals surface area contributed by atoms with Gasteiger partial charge in [-0.25, -0.2) is 15.0 Å². The van der Waals surface area contributed by atoms with Gasteiger partial charge in [-0.2, -0.15) is 0 Å². The van der Waals surface area contributed by atoms with E-state index in [-0.39, 0.29) is 0 Å². The molecule has 0 saturated heterocycles. The minimum atomic E-state index is 0.699. The average molecular weight is 251 g/mol. The molecule has 0 radical (unpaired) electrons. The van der Waals surface area contributed by atoms with Crippen molar-refractivity contribution in [3.63, 3.8) is 0 Å². The van der Waals surface area contributed by atoms with E-state index < -0.39 is 0 Å². The first-order chi connectivity index (χ1) is 9.43. The molecule has 0 amide bonds. The first-order valence-electron chi connectivity index (χ1n) is 5.99. The molecule has 3 rings (SSSR count). The van der Waals surface area contributed by atoms with E-state index in [0.29, 0.717) is 6.54 Å². The topological polar surface area (TPSA) is 66.5 Å². The second-order valence-corrected chi connectivity index (χ2v) is 4.10. The quantitative estimate of drug-likeness (QED) is 0.747. The summed E-state index contributed by atoms with van der Waals surface area (Å²) in [6, 6.07) is 8.10. The second-order valence-electron chi connectivity index (χ2n) is 4.10. The summed E-state index contributed by atoms with van der Waals surface area (Å²) in [5, 5.41) is 3.39. The molecule has 0 atom stereocenters. The van der Waals surface area contributed by atoms with Crippen LogP contribution in [0, 0.1) is 0 Å². The zero-order valence-electron chi connectivity index (χ0n) is 10.2. The highest BCUT2D eigenvalue weighted by Crippen LogP contribution is 2.26. The van der Waals surface area contributed by atoms with Crippen LogP contribution < -0.4 is 5.32 Å². The molecule has 1 aromatic carbocycles. The molecule has 0 aliphatic rings. The molecule has 2 aromatic heterocycles. The van der Waals surface area contributed by atoms with Crippen LogP contribution in [-0.2, 0) is 6.54 Å². The van der Waals surface area contributed by atoms with E-state index >= 15 is 0 Å². The van der Waals surface area contributed by atoms with Gasteiger partial charge in [-0.15, -0.1) is 0 Å². The lowest BCUT2D eigenvalue weighted by atomic mass is 10.1. The van der Waals surface area contributed by atoms with Gasteiger partial charge in [0.25, 0.3) is 0 Å². The fraction of sp³-hybridized carbons (Fsp3) is 0.0714. The fourth-order valence-corrected chi connectivity index (χ4v) is 1.90. The van der Waals surface area contributed by atoms with Gasteiger partial charge in [0.2, 0.25) is 0 Å². The summed E-state index contributed by atoms with van der Waals surface area (Å²) in [5.41, 5.74) is 4.17. The van der Waals surface area contributed by atoms with Crippen molar-refractivity contribution in [2.24, 2.45) is 0 Å². The number of aromatic amines is 1. The SMILES string of the molecule is c1ccc(-c2cncnc2)c(NCc2cnc[nH]2)c1. The number of rotatable bonds is 4. The number of anilines is 1. The Balaban J connectivity index is 1.85. The predicted octanol–water partition coefficient (Wildman–Crippen LogP) is 2.48. The van der Waals surface area contributed by atoms with Crippen molar-refractivity contribution in [2.45, 2.75) is 6.54 Å². The normalized spacial score (nSPS) is 10.3. The van der Waals surface area contributed by atoms with E-state index in [9.17, 15) is 0 Å². The van der Waals surface area contributed by atoms with Crippen LogP contribution in [-0.4, -0.2) is 19.9 Å². The zero-order valence-corrected chi connectivity index (χ0v) is 10.2. The van der Waals surface area contributed by atoms with E-state index in [2.05, 4.69) is 25.3 Å². The number of hydrogen-bond acceptors (Lipinski definition) is 4. The van der Waals surface area contributed by atoms with Crippen LogP contribution in [0.2, 0.25) is 0 Å². The third-order valence-corrected chi connectivity index (χ3v) is 2.82. The Hall–Kier alpha value is -2.69. The molecule has 0 unspecified atom stereocenters. The maximum atomic E-state index is 4.06. The molecular weight excluding hydrogens is 238 g/mol. The van der Waals surface area contributed by atoms with Crippen LogP contribution in [0.25, 0.3) is 11.1 Å². The number of H-pyrrole nitrogens is 1. The zero-order chi connectivity index (χ0) is 12.9. The predicted molar refractivity (Wildman–Crippen MR) is 73.4 cm³/mol. The number of imidazole rings is 1. The first-order valence-corrected chi connectivity index (χ1v) is 5.99. The van der Waals surface area contributed by atoms with Gasteiger partial charge in [0.1, 0.15) is 6.33 Å². The molecule has 0 aliphatic heterocycles. The van der Waals surface area contributed by atoms with Crippen molar-refractivity contribution in [3.8, 4) is 11.1 Å². The van der Waals surface area contributed by atoms with Crippen LogP contribution in [0.5, 0.6) is 0 Å². The van der Waals surface area contributed by atoms with Crippen LogP contribution in [0.15, 0.2) is 55.5 Å². The van der Waals surface area contributed by atoms with E-state index in [1.165, 1.54) is 6.33 Å². The Morgan fingerprint density at radius 2 is 1.84 bits per heavy atom. The molecule has 0 fully saturated rings. The number of aromatic nitrogens is 4. The summed E-state index contributed by atoms with van der Waals surface area (Å²) in [6.45, 7) is 0.699. The van der Waals surface area contributed by atoms with Gasteiger partial charge >= 0.3 is 0 Å². The fourth-order valence-electron chi connectivity index (χ4n) is 1.90. The second kappa shape index (κ2) is 5.30. The van der Waals surface area contributed by atoms with Crippen molar-refractivity contribution in [1.82, 2.24) is 19.9 Å². The molecule has 5 nitrogen and oxygen atoms in total. The Labute approximate surface area is 110 Å². The van der Waals surface area contributed by atoms with Gasteiger partial charge in [-0.1, -0.05) is 18.2 Å². The largest absolute Gasteiger partial charge is 0.379 e. The van der Waals surface area contributed by atoms with Crippen molar-refractivity contribution >= 4 is 5.69 Å². The van der Waals surface area contributed by atoms with Crippen LogP contribution in [0.1, 0.15) is 5.69 Å². The molecule has 0 aliphatic carbocycles. The average Bonchev–Trinajstić information content (AvgIpc) is 3.00. The third kappa shape index (κ3) is 2.60. The van der Waals surface area contributed by atoms with Crippen LogP contribution >= 0.6 is 0 Å². The summed E-state index contributed by atoms with van der Waals surface area (Å²) >= 11 is 0. The maximum absolute atomic E-state index is 4.06. The third-order valence-electron chi connectivity index (χ3n) is 2.82. The molecule has 0 spiro atoms. The summed E-state index contributed by atoms with van der Waals surface area (Å²) in [5.74, 6) is 0. The van der Waals surface area contributed by atoms with E-state index in [4.69, 9.17) is 0 Å². The minimum absolute atomic E-state index is 0.699. The minimum Gasteiger partial charge on any atom is -0.379 e. The highest BCUT2D eigenvalue weighted by Gasteiger charge is 2.04. The van der Waals surface area contributed by atoms with Gasteiger partial charge < -0.3 is 10.3 Å². The lowest BCUT2D eigenvalue weighted by Gasteiger charge is -2.10.